The van der Waals surface area contributed by atoms with Gasteiger partial charge in [0.05, 0.1) is 34.4 Å². The first-order chi connectivity index (χ1) is 9.12. The highest BCUT2D eigenvalue weighted by Crippen LogP contribution is 2.27. The summed E-state index contributed by atoms with van der Waals surface area (Å²) in [6, 6.07) is 7.57. The maximum atomic E-state index is 8.90. The quantitative estimate of drug-likeness (QED) is 0.944. The average Bonchev–Trinajstić information content (AvgIpc) is 2.74. The van der Waals surface area contributed by atoms with E-state index in [-0.39, 0.29) is 0 Å². The van der Waals surface area contributed by atoms with Crippen molar-refractivity contribution in [2.45, 2.75) is 26.7 Å². The van der Waals surface area contributed by atoms with Crippen LogP contribution < -0.4 is 5.73 Å². The number of nitrogens with two attached hydrogens (primary N) is 1. The van der Waals surface area contributed by atoms with Gasteiger partial charge in [-0.3, -0.25) is 0 Å². The molecule has 19 heavy (non-hydrogen) atoms. The number of aromatic nitrogens is 2. The molecule has 0 bridgehead atoms. The van der Waals surface area contributed by atoms with E-state index >= 15 is 0 Å². The minimum atomic E-state index is 0.615. The Balaban J connectivity index is 2.62. The van der Waals surface area contributed by atoms with Crippen molar-refractivity contribution in [1.82, 2.24) is 9.78 Å². The molecule has 0 saturated carbocycles. The summed E-state index contributed by atoms with van der Waals surface area (Å²) in [6.07, 6.45) is 1.62. The van der Waals surface area contributed by atoms with Crippen LogP contribution in [0, 0.1) is 11.3 Å². The summed E-state index contributed by atoms with van der Waals surface area (Å²) < 4.78 is 2.70. The van der Waals surface area contributed by atoms with E-state index in [1.54, 1.807) is 12.1 Å². The molecule has 0 radical (unpaired) electrons. The number of hydrogen-bond acceptors (Lipinski definition) is 3. The number of hydrogen-bond donors (Lipinski definition) is 1. The van der Waals surface area contributed by atoms with Gasteiger partial charge >= 0.3 is 0 Å². The summed E-state index contributed by atoms with van der Waals surface area (Å²) in [5.41, 5.74) is 10.3. The molecule has 2 aromatic rings. The summed E-state index contributed by atoms with van der Waals surface area (Å²) in [6.45, 7) is 4.09. The topological polar surface area (TPSA) is 67.6 Å². The van der Waals surface area contributed by atoms with Gasteiger partial charge in [-0.2, -0.15) is 10.4 Å². The summed E-state index contributed by atoms with van der Waals surface area (Å²) in [4.78, 5) is 0. The zero-order chi connectivity index (χ0) is 14.0. The Morgan fingerprint density at radius 1 is 1.37 bits per heavy atom. The molecular formula is C14H15BrN4. The molecule has 0 atom stereocenters. The SMILES string of the molecule is CCc1nn(-c2ccc(C#N)cc2Br)c(CC)c1N. The van der Waals surface area contributed by atoms with Crippen molar-refractivity contribution >= 4 is 21.6 Å². The van der Waals surface area contributed by atoms with Crippen molar-refractivity contribution < 1.29 is 0 Å². The van der Waals surface area contributed by atoms with E-state index in [4.69, 9.17) is 11.0 Å². The van der Waals surface area contributed by atoms with E-state index in [1.807, 2.05) is 17.7 Å². The van der Waals surface area contributed by atoms with Crippen LogP contribution in [0.1, 0.15) is 30.8 Å². The van der Waals surface area contributed by atoms with E-state index in [9.17, 15) is 0 Å². The molecule has 5 heteroatoms. The maximum absolute atomic E-state index is 8.90. The summed E-state index contributed by atoms with van der Waals surface area (Å²) in [7, 11) is 0. The van der Waals surface area contributed by atoms with Crippen molar-refractivity contribution in [3.63, 3.8) is 0 Å². The number of rotatable bonds is 3. The highest BCUT2D eigenvalue weighted by atomic mass is 79.9. The summed E-state index contributed by atoms with van der Waals surface area (Å²) in [5, 5.41) is 13.5. The predicted molar refractivity (Wildman–Crippen MR) is 79.1 cm³/mol. The lowest BCUT2D eigenvalue weighted by atomic mass is 10.2. The number of nitriles is 1. The third-order valence-corrected chi connectivity index (χ3v) is 3.71. The van der Waals surface area contributed by atoms with E-state index < -0.39 is 0 Å². The van der Waals surface area contributed by atoms with Crippen molar-refractivity contribution in [2.75, 3.05) is 5.73 Å². The molecule has 1 heterocycles. The van der Waals surface area contributed by atoms with Crippen LogP contribution in [-0.4, -0.2) is 9.78 Å². The number of aryl methyl sites for hydroxylation is 1. The molecule has 0 saturated heterocycles. The fraction of sp³-hybridized carbons (Fsp3) is 0.286. The average molecular weight is 319 g/mol. The van der Waals surface area contributed by atoms with Crippen LogP contribution in [0.5, 0.6) is 0 Å². The Morgan fingerprint density at radius 2 is 2.11 bits per heavy atom. The molecule has 98 valence electrons. The van der Waals surface area contributed by atoms with Crippen molar-refractivity contribution in [3.8, 4) is 11.8 Å². The predicted octanol–water partition coefficient (Wildman–Crippen LogP) is 3.21. The van der Waals surface area contributed by atoms with Gasteiger partial charge < -0.3 is 5.73 Å². The van der Waals surface area contributed by atoms with E-state index in [1.165, 1.54) is 0 Å². The van der Waals surface area contributed by atoms with Gasteiger partial charge in [0.15, 0.2) is 0 Å². The van der Waals surface area contributed by atoms with Crippen LogP contribution in [0.25, 0.3) is 5.69 Å². The minimum absolute atomic E-state index is 0.615. The Bertz CT molecular complexity index is 652. The second-order valence-corrected chi connectivity index (χ2v) is 5.06. The third kappa shape index (κ3) is 2.36. The molecule has 2 rings (SSSR count). The van der Waals surface area contributed by atoms with Crippen LogP contribution in [0.15, 0.2) is 22.7 Å². The molecule has 0 amide bonds. The Morgan fingerprint density at radius 3 is 2.63 bits per heavy atom. The molecule has 0 aliphatic carbocycles. The highest BCUT2D eigenvalue weighted by Gasteiger charge is 2.15. The smallest absolute Gasteiger partial charge is 0.0992 e. The lowest BCUT2D eigenvalue weighted by Gasteiger charge is -2.08. The lowest BCUT2D eigenvalue weighted by Crippen LogP contribution is -2.03. The first-order valence-corrected chi connectivity index (χ1v) is 6.97. The number of nitrogen functional groups attached to an aromatic ring is 1. The fourth-order valence-corrected chi connectivity index (χ4v) is 2.61. The van der Waals surface area contributed by atoms with Gasteiger partial charge in [-0.25, -0.2) is 4.68 Å². The van der Waals surface area contributed by atoms with Crippen molar-refractivity contribution in [1.29, 1.82) is 5.26 Å². The normalized spacial score (nSPS) is 10.4. The zero-order valence-electron chi connectivity index (χ0n) is 10.9. The summed E-state index contributed by atoms with van der Waals surface area (Å²) >= 11 is 3.49. The van der Waals surface area contributed by atoms with Gasteiger partial charge in [0.1, 0.15) is 0 Å². The van der Waals surface area contributed by atoms with Crippen LogP contribution in [-0.2, 0) is 12.8 Å². The van der Waals surface area contributed by atoms with Crippen LogP contribution in [0.4, 0.5) is 5.69 Å². The van der Waals surface area contributed by atoms with E-state index in [2.05, 4.69) is 34.0 Å². The second kappa shape index (κ2) is 5.45. The van der Waals surface area contributed by atoms with Gasteiger partial charge in [-0.1, -0.05) is 13.8 Å². The summed E-state index contributed by atoms with van der Waals surface area (Å²) in [5.74, 6) is 0. The fourth-order valence-electron chi connectivity index (χ4n) is 2.06. The largest absolute Gasteiger partial charge is 0.396 e. The molecular weight excluding hydrogens is 304 g/mol. The molecule has 0 spiro atoms. The van der Waals surface area contributed by atoms with Gasteiger partial charge in [-0.15, -0.1) is 0 Å². The monoisotopic (exact) mass is 318 g/mol. The molecule has 4 nitrogen and oxygen atoms in total. The number of nitrogens with zero attached hydrogens (tertiary/aromatic N) is 3. The Hall–Kier alpha value is -1.80. The Kier molecular flexibility index (Phi) is 3.91. The number of halogens is 1. The van der Waals surface area contributed by atoms with E-state index in [0.29, 0.717) is 5.56 Å². The molecule has 0 unspecified atom stereocenters. The maximum Gasteiger partial charge on any atom is 0.0992 e. The van der Waals surface area contributed by atoms with Crippen LogP contribution in [0.3, 0.4) is 0 Å². The molecule has 0 fully saturated rings. The second-order valence-electron chi connectivity index (χ2n) is 4.20. The molecule has 0 aliphatic heterocycles. The number of anilines is 1. The van der Waals surface area contributed by atoms with E-state index in [0.717, 1.165) is 40.1 Å². The first-order valence-electron chi connectivity index (χ1n) is 6.18. The van der Waals surface area contributed by atoms with Gasteiger partial charge in [0.25, 0.3) is 0 Å². The van der Waals surface area contributed by atoms with Crippen LogP contribution >= 0.6 is 15.9 Å². The zero-order valence-corrected chi connectivity index (χ0v) is 12.5. The molecule has 2 N–H and O–H groups in total. The van der Waals surface area contributed by atoms with Crippen molar-refractivity contribution in [2.24, 2.45) is 0 Å². The highest BCUT2D eigenvalue weighted by molar-refractivity contribution is 9.10. The van der Waals surface area contributed by atoms with Gasteiger partial charge in [0.2, 0.25) is 0 Å². The Labute approximate surface area is 121 Å². The first kappa shape index (κ1) is 13.6. The standard InChI is InChI=1S/C14H15BrN4/c1-3-11-14(17)12(4-2)19(18-11)13-6-5-9(8-16)7-10(13)15/h5-7H,3-4,17H2,1-2H3. The molecule has 0 aliphatic rings. The van der Waals surface area contributed by atoms with Crippen molar-refractivity contribution in [3.05, 3.63) is 39.6 Å². The molecule has 1 aromatic heterocycles. The minimum Gasteiger partial charge on any atom is -0.396 e. The van der Waals surface area contributed by atoms with Crippen LogP contribution in [0.2, 0.25) is 0 Å². The molecule has 1 aromatic carbocycles. The van der Waals surface area contributed by atoms with Gasteiger partial charge in [0, 0.05) is 4.47 Å². The number of benzene rings is 1. The third-order valence-electron chi connectivity index (χ3n) is 3.07. The van der Waals surface area contributed by atoms with Gasteiger partial charge in [-0.05, 0) is 47.0 Å². The lowest BCUT2D eigenvalue weighted by molar-refractivity contribution is 0.791.